The number of carbonyl (C=O) groups excluding carboxylic acids is 1. The molecule has 0 aliphatic heterocycles. The molecule has 0 saturated heterocycles. The molecule has 96 valence electrons. The predicted octanol–water partition coefficient (Wildman–Crippen LogP) is -0.373. The molecule has 6 nitrogen and oxygen atoms in total. The number of fused-ring (bicyclic) bond motifs is 1. The summed E-state index contributed by atoms with van der Waals surface area (Å²) in [6.07, 6.45) is -1.09. The Morgan fingerprint density at radius 3 is 2.89 bits per heavy atom. The number of amides is 1. The number of para-hydroxylation sites is 1. The Kier molecular flexibility index (Phi) is 3.26. The van der Waals surface area contributed by atoms with Gasteiger partial charge in [-0.05, 0) is 6.07 Å². The number of halogens is 1. The number of aromatic nitrogens is 2. The van der Waals surface area contributed by atoms with E-state index >= 15 is 0 Å². The normalized spacial score (nSPS) is 12.8. The van der Waals surface area contributed by atoms with Crippen LogP contribution in [0.2, 0.25) is 0 Å². The van der Waals surface area contributed by atoms with Crippen LogP contribution in [0.4, 0.5) is 4.39 Å². The number of rotatable bonds is 4. The van der Waals surface area contributed by atoms with Gasteiger partial charge < -0.3 is 15.9 Å². The van der Waals surface area contributed by atoms with Gasteiger partial charge in [-0.2, -0.15) is 5.10 Å². The van der Waals surface area contributed by atoms with Gasteiger partial charge in [0.15, 0.2) is 5.69 Å². The number of primary amides is 1. The van der Waals surface area contributed by atoms with Crippen molar-refractivity contribution in [1.29, 1.82) is 0 Å². The van der Waals surface area contributed by atoms with Crippen LogP contribution in [0.25, 0.3) is 10.9 Å². The van der Waals surface area contributed by atoms with Gasteiger partial charge in [-0.15, -0.1) is 0 Å². The van der Waals surface area contributed by atoms with E-state index in [0.29, 0.717) is 0 Å². The van der Waals surface area contributed by atoms with E-state index in [0.717, 1.165) is 4.68 Å². The Hall–Kier alpha value is -1.99. The van der Waals surface area contributed by atoms with Crippen LogP contribution in [0.5, 0.6) is 0 Å². The summed E-state index contributed by atoms with van der Waals surface area (Å²) in [5, 5.41) is 22.3. The third-order valence-electron chi connectivity index (χ3n) is 2.55. The molecular formula is C11H12FN3O3. The van der Waals surface area contributed by atoms with Gasteiger partial charge >= 0.3 is 0 Å². The summed E-state index contributed by atoms with van der Waals surface area (Å²) in [6, 6.07) is 4.18. The van der Waals surface area contributed by atoms with Crippen LogP contribution < -0.4 is 5.73 Å². The van der Waals surface area contributed by atoms with Crippen molar-refractivity contribution < 1.29 is 19.4 Å². The van der Waals surface area contributed by atoms with Crippen molar-refractivity contribution >= 4 is 16.8 Å². The van der Waals surface area contributed by atoms with Crippen molar-refractivity contribution in [3.05, 3.63) is 29.7 Å². The highest BCUT2D eigenvalue weighted by Crippen LogP contribution is 2.21. The fourth-order valence-electron chi connectivity index (χ4n) is 1.76. The maximum absolute atomic E-state index is 13.7. The second-order valence-corrected chi connectivity index (χ2v) is 3.87. The highest BCUT2D eigenvalue weighted by atomic mass is 19.1. The first kappa shape index (κ1) is 12.5. The molecule has 1 amide bonds. The topological polar surface area (TPSA) is 101 Å². The number of aliphatic hydroxyl groups is 2. The van der Waals surface area contributed by atoms with Gasteiger partial charge in [0.2, 0.25) is 0 Å². The number of nitrogens with zero attached hydrogens (tertiary/aromatic N) is 2. The van der Waals surface area contributed by atoms with E-state index in [1.165, 1.54) is 18.2 Å². The maximum atomic E-state index is 13.7. The molecule has 0 aliphatic carbocycles. The Bertz CT molecular complexity index is 596. The smallest absolute Gasteiger partial charge is 0.269 e. The molecule has 0 radical (unpaired) electrons. The first-order valence-electron chi connectivity index (χ1n) is 5.28. The van der Waals surface area contributed by atoms with E-state index in [1.54, 1.807) is 0 Å². The third kappa shape index (κ3) is 2.05. The zero-order chi connectivity index (χ0) is 13.3. The number of hydrogen-bond donors (Lipinski definition) is 3. The van der Waals surface area contributed by atoms with Gasteiger partial charge in [0, 0.05) is 5.39 Å². The minimum absolute atomic E-state index is 0.0605. The molecule has 1 aromatic carbocycles. The number of hydrogen-bond acceptors (Lipinski definition) is 4. The molecule has 0 aliphatic rings. The van der Waals surface area contributed by atoms with E-state index in [1.807, 2.05) is 0 Å². The second-order valence-electron chi connectivity index (χ2n) is 3.87. The van der Waals surface area contributed by atoms with Crippen LogP contribution in [0.3, 0.4) is 0 Å². The summed E-state index contributed by atoms with van der Waals surface area (Å²) in [7, 11) is 0. The Balaban J connectivity index is 2.62. The average Bonchev–Trinajstić information content (AvgIpc) is 2.69. The molecule has 0 unspecified atom stereocenters. The van der Waals surface area contributed by atoms with E-state index in [4.69, 9.17) is 10.8 Å². The molecule has 2 aromatic rings. The summed E-state index contributed by atoms with van der Waals surface area (Å²) in [4.78, 5) is 11.2. The predicted molar refractivity (Wildman–Crippen MR) is 61.3 cm³/mol. The van der Waals surface area contributed by atoms with E-state index < -0.39 is 24.4 Å². The minimum atomic E-state index is -1.09. The van der Waals surface area contributed by atoms with Crippen molar-refractivity contribution in [1.82, 2.24) is 9.78 Å². The standard InChI is InChI=1S/C11H12FN3O3/c12-8-3-1-2-7-9(11(13)18)14-15(10(7)8)4-6(17)5-16/h1-3,6,16-17H,4-5H2,(H2,13,18)/t6-/m0/s1. The van der Waals surface area contributed by atoms with Crippen molar-refractivity contribution in [3.8, 4) is 0 Å². The van der Waals surface area contributed by atoms with Crippen LogP contribution in [0, 0.1) is 5.82 Å². The molecule has 0 spiro atoms. The van der Waals surface area contributed by atoms with Gasteiger partial charge in [0.25, 0.3) is 5.91 Å². The molecular weight excluding hydrogens is 241 g/mol. The molecule has 4 N–H and O–H groups in total. The average molecular weight is 253 g/mol. The molecule has 1 atom stereocenters. The number of benzene rings is 1. The van der Waals surface area contributed by atoms with Crippen molar-refractivity contribution in [2.24, 2.45) is 5.73 Å². The summed E-state index contributed by atoms with van der Waals surface area (Å²) in [5.41, 5.74) is 5.18. The first-order valence-corrected chi connectivity index (χ1v) is 5.28. The fourth-order valence-corrected chi connectivity index (χ4v) is 1.76. The molecule has 18 heavy (non-hydrogen) atoms. The van der Waals surface area contributed by atoms with Gasteiger partial charge in [-0.1, -0.05) is 12.1 Å². The Morgan fingerprint density at radius 1 is 1.56 bits per heavy atom. The lowest BCUT2D eigenvalue weighted by molar-refractivity contribution is 0.0788. The fraction of sp³-hybridized carbons (Fsp3) is 0.273. The molecule has 2 rings (SSSR count). The summed E-state index contributed by atoms with van der Waals surface area (Å²) < 4.78 is 14.9. The quantitative estimate of drug-likeness (QED) is 0.691. The number of carbonyl (C=O) groups is 1. The Morgan fingerprint density at radius 2 is 2.28 bits per heavy atom. The van der Waals surface area contributed by atoms with Crippen molar-refractivity contribution in [3.63, 3.8) is 0 Å². The zero-order valence-electron chi connectivity index (χ0n) is 9.38. The van der Waals surface area contributed by atoms with Crippen molar-refractivity contribution in [2.45, 2.75) is 12.6 Å². The summed E-state index contributed by atoms with van der Waals surface area (Å²) in [6.45, 7) is -0.608. The van der Waals surface area contributed by atoms with Gasteiger partial charge in [0.05, 0.1) is 19.3 Å². The largest absolute Gasteiger partial charge is 0.394 e. The van der Waals surface area contributed by atoms with Gasteiger partial charge in [0.1, 0.15) is 11.3 Å². The monoisotopic (exact) mass is 253 g/mol. The van der Waals surface area contributed by atoms with Crippen LogP contribution in [0.1, 0.15) is 10.5 Å². The van der Waals surface area contributed by atoms with Crippen molar-refractivity contribution in [2.75, 3.05) is 6.61 Å². The van der Waals surface area contributed by atoms with Crippen LogP contribution in [0.15, 0.2) is 18.2 Å². The third-order valence-corrected chi connectivity index (χ3v) is 2.55. The van der Waals surface area contributed by atoms with Gasteiger partial charge in [-0.3, -0.25) is 9.48 Å². The molecule has 0 bridgehead atoms. The maximum Gasteiger partial charge on any atom is 0.269 e. The SMILES string of the molecule is NC(=O)c1nn(C[C@H](O)CO)c2c(F)cccc12. The highest BCUT2D eigenvalue weighted by Gasteiger charge is 2.18. The first-order chi connectivity index (χ1) is 8.54. The van der Waals surface area contributed by atoms with Crippen LogP contribution in [-0.4, -0.2) is 38.6 Å². The van der Waals surface area contributed by atoms with E-state index in [9.17, 15) is 14.3 Å². The lowest BCUT2D eigenvalue weighted by Gasteiger charge is -2.08. The lowest BCUT2D eigenvalue weighted by Crippen LogP contribution is -2.21. The van der Waals surface area contributed by atoms with E-state index in [-0.39, 0.29) is 23.1 Å². The molecule has 0 saturated carbocycles. The molecule has 0 fully saturated rings. The second kappa shape index (κ2) is 4.71. The van der Waals surface area contributed by atoms with Crippen LogP contribution >= 0.6 is 0 Å². The van der Waals surface area contributed by atoms with Crippen LogP contribution in [-0.2, 0) is 6.54 Å². The van der Waals surface area contributed by atoms with Gasteiger partial charge in [-0.25, -0.2) is 4.39 Å². The lowest BCUT2D eigenvalue weighted by atomic mass is 10.2. The van der Waals surface area contributed by atoms with E-state index in [2.05, 4.69) is 5.10 Å². The highest BCUT2D eigenvalue weighted by molar-refractivity contribution is 6.04. The minimum Gasteiger partial charge on any atom is -0.394 e. The Labute approximate surface area is 101 Å². The number of nitrogens with two attached hydrogens (primary N) is 1. The zero-order valence-corrected chi connectivity index (χ0v) is 9.38. The summed E-state index contributed by atoms with van der Waals surface area (Å²) in [5.74, 6) is -1.35. The number of aliphatic hydroxyl groups excluding tert-OH is 2. The molecule has 1 aromatic heterocycles. The molecule has 1 heterocycles. The molecule has 7 heteroatoms. The summed E-state index contributed by atoms with van der Waals surface area (Å²) >= 11 is 0.